The molecule has 26 heavy (non-hydrogen) atoms. The molecule has 4 nitrogen and oxygen atoms in total. The van der Waals surface area contributed by atoms with Crippen molar-refractivity contribution in [2.75, 3.05) is 13.1 Å². The molecule has 1 saturated heterocycles. The highest BCUT2D eigenvalue weighted by atomic mass is 35.5. The van der Waals surface area contributed by atoms with Crippen molar-refractivity contribution >= 4 is 28.5 Å². The number of halogens is 1. The molecule has 2 aromatic carbocycles. The van der Waals surface area contributed by atoms with Crippen LogP contribution in [0, 0.1) is 0 Å². The first-order valence-electron chi connectivity index (χ1n) is 8.74. The normalized spacial score (nSPS) is 17.2. The van der Waals surface area contributed by atoms with E-state index in [-0.39, 0.29) is 11.8 Å². The molecule has 0 aliphatic carbocycles. The van der Waals surface area contributed by atoms with Crippen LogP contribution in [-0.4, -0.2) is 33.4 Å². The number of nitrogens with zero attached hydrogens (tertiary/aromatic N) is 3. The number of fused-ring (bicyclic) bond motifs is 1. The van der Waals surface area contributed by atoms with Crippen LogP contribution >= 0.6 is 11.6 Å². The molecule has 1 atom stereocenters. The Bertz CT molecular complexity index is 961. The summed E-state index contributed by atoms with van der Waals surface area (Å²) in [6, 6.07) is 16.0. The standard InChI is InChI=1S/C21H20ClN3O/c1-2-11-24-14-16(12-20(24)26)21-23-18-5-3-4-6-19(18)25(21)13-15-7-9-17(22)10-8-15/h2-10,16H,1,11-14H2/t16-/m0/s1. The van der Waals surface area contributed by atoms with Crippen LogP contribution in [0.5, 0.6) is 0 Å². The number of likely N-dealkylation sites (tertiary alicyclic amines) is 1. The average Bonchev–Trinajstić information content (AvgIpc) is 3.18. The molecule has 0 radical (unpaired) electrons. The zero-order chi connectivity index (χ0) is 18.1. The topological polar surface area (TPSA) is 38.1 Å². The van der Waals surface area contributed by atoms with E-state index in [9.17, 15) is 4.79 Å². The van der Waals surface area contributed by atoms with E-state index < -0.39 is 0 Å². The first kappa shape index (κ1) is 16.9. The van der Waals surface area contributed by atoms with Gasteiger partial charge in [-0.15, -0.1) is 6.58 Å². The minimum atomic E-state index is 0.0992. The fraction of sp³-hybridized carbons (Fsp3) is 0.238. The van der Waals surface area contributed by atoms with E-state index in [1.807, 2.05) is 47.4 Å². The van der Waals surface area contributed by atoms with Gasteiger partial charge in [0.15, 0.2) is 0 Å². The van der Waals surface area contributed by atoms with Gasteiger partial charge in [-0.25, -0.2) is 4.98 Å². The van der Waals surface area contributed by atoms with Gasteiger partial charge in [0.1, 0.15) is 5.82 Å². The van der Waals surface area contributed by atoms with Gasteiger partial charge in [0.25, 0.3) is 0 Å². The number of para-hydroxylation sites is 2. The summed E-state index contributed by atoms with van der Waals surface area (Å²) in [5.74, 6) is 1.24. The van der Waals surface area contributed by atoms with E-state index in [0.29, 0.717) is 26.1 Å². The van der Waals surface area contributed by atoms with Crippen LogP contribution < -0.4 is 0 Å². The first-order chi connectivity index (χ1) is 12.7. The Balaban J connectivity index is 1.73. The number of hydrogen-bond acceptors (Lipinski definition) is 2. The summed E-state index contributed by atoms with van der Waals surface area (Å²) in [7, 11) is 0. The molecule has 132 valence electrons. The monoisotopic (exact) mass is 365 g/mol. The third-order valence-electron chi connectivity index (χ3n) is 4.87. The summed E-state index contributed by atoms with van der Waals surface area (Å²) in [6.07, 6.45) is 2.27. The van der Waals surface area contributed by atoms with Gasteiger partial charge < -0.3 is 9.47 Å². The minimum Gasteiger partial charge on any atom is -0.338 e. The third-order valence-corrected chi connectivity index (χ3v) is 5.12. The maximum absolute atomic E-state index is 12.3. The number of imidazole rings is 1. The summed E-state index contributed by atoms with van der Waals surface area (Å²) in [4.78, 5) is 19.0. The second-order valence-corrected chi connectivity index (χ2v) is 7.10. The minimum absolute atomic E-state index is 0.0992. The highest BCUT2D eigenvalue weighted by molar-refractivity contribution is 6.30. The molecule has 1 aromatic heterocycles. The lowest BCUT2D eigenvalue weighted by atomic mass is 10.1. The summed E-state index contributed by atoms with van der Waals surface area (Å²) in [6.45, 7) is 5.73. The number of hydrogen-bond donors (Lipinski definition) is 0. The molecule has 0 saturated carbocycles. The molecule has 0 bridgehead atoms. The lowest BCUT2D eigenvalue weighted by Crippen LogP contribution is -2.25. The smallest absolute Gasteiger partial charge is 0.223 e. The molecule has 4 rings (SSSR count). The summed E-state index contributed by atoms with van der Waals surface area (Å²) >= 11 is 6.02. The molecule has 0 unspecified atom stereocenters. The Kier molecular flexibility index (Phi) is 4.51. The molecule has 3 aromatic rings. The summed E-state index contributed by atoms with van der Waals surface area (Å²) in [5.41, 5.74) is 3.21. The van der Waals surface area contributed by atoms with Gasteiger partial charge in [0.2, 0.25) is 5.91 Å². The van der Waals surface area contributed by atoms with Crippen molar-refractivity contribution in [3.63, 3.8) is 0 Å². The van der Waals surface area contributed by atoms with Crippen LogP contribution in [0.3, 0.4) is 0 Å². The molecule has 2 heterocycles. The third kappa shape index (κ3) is 3.13. The molecule has 5 heteroatoms. The second kappa shape index (κ2) is 6.96. The number of aromatic nitrogens is 2. The molecule has 1 aliphatic rings. The van der Waals surface area contributed by atoms with E-state index in [0.717, 1.165) is 27.4 Å². The lowest BCUT2D eigenvalue weighted by Gasteiger charge is -2.16. The van der Waals surface area contributed by atoms with E-state index in [2.05, 4.69) is 17.2 Å². The van der Waals surface area contributed by atoms with Crippen LogP contribution in [-0.2, 0) is 11.3 Å². The van der Waals surface area contributed by atoms with E-state index >= 15 is 0 Å². The van der Waals surface area contributed by atoms with E-state index in [1.165, 1.54) is 0 Å². The van der Waals surface area contributed by atoms with Crippen LogP contribution in [0.4, 0.5) is 0 Å². The maximum Gasteiger partial charge on any atom is 0.223 e. The Morgan fingerprint density at radius 1 is 1.19 bits per heavy atom. The molecular weight excluding hydrogens is 346 g/mol. The molecule has 1 amide bonds. The van der Waals surface area contributed by atoms with Crippen LogP contribution in [0.25, 0.3) is 11.0 Å². The SMILES string of the molecule is C=CCN1C[C@@H](c2nc3ccccc3n2Cc2ccc(Cl)cc2)CC1=O. The van der Waals surface area contributed by atoms with Crippen molar-refractivity contribution in [3.05, 3.63) is 77.6 Å². The van der Waals surface area contributed by atoms with Crippen LogP contribution in [0.15, 0.2) is 61.2 Å². The van der Waals surface area contributed by atoms with Crippen molar-refractivity contribution in [1.82, 2.24) is 14.5 Å². The predicted molar refractivity (Wildman–Crippen MR) is 104 cm³/mol. The van der Waals surface area contributed by atoms with Crippen molar-refractivity contribution in [1.29, 1.82) is 0 Å². The highest BCUT2D eigenvalue weighted by Crippen LogP contribution is 2.31. The summed E-state index contributed by atoms with van der Waals surface area (Å²) < 4.78 is 2.23. The summed E-state index contributed by atoms with van der Waals surface area (Å²) in [5, 5.41) is 0.728. The quantitative estimate of drug-likeness (QED) is 0.634. The van der Waals surface area contributed by atoms with E-state index in [4.69, 9.17) is 16.6 Å². The van der Waals surface area contributed by atoms with Gasteiger partial charge in [-0.1, -0.05) is 41.9 Å². The van der Waals surface area contributed by atoms with Gasteiger partial charge in [0.05, 0.1) is 11.0 Å². The maximum atomic E-state index is 12.3. The second-order valence-electron chi connectivity index (χ2n) is 6.66. The fourth-order valence-electron chi connectivity index (χ4n) is 3.62. The van der Waals surface area contributed by atoms with Gasteiger partial charge in [-0.3, -0.25) is 4.79 Å². The molecule has 1 aliphatic heterocycles. The molecule has 1 fully saturated rings. The Hall–Kier alpha value is -2.59. The Morgan fingerprint density at radius 3 is 2.73 bits per heavy atom. The van der Waals surface area contributed by atoms with Crippen molar-refractivity contribution in [2.45, 2.75) is 18.9 Å². The Morgan fingerprint density at radius 2 is 1.96 bits per heavy atom. The highest BCUT2D eigenvalue weighted by Gasteiger charge is 2.33. The molecule has 0 spiro atoms. The van der Waals surface area contributed by atoms with Gasteiger partial charge >= 0.3 is 0 Å². The van der Waals surface area contributed by atoms with Gasteiger partial charge in [-0.05, 0) is 29.8 Å². The van der Waals surface area contributed by atoms with Crippen LogP contribution in [0.1, 0.15) is 23.7 Å². The number of carbonyl (C=O) groups excluding carboxylic acids is 1. The van der Waals surface area contributed by atoms with E-state index in [1.54, 1.807) is 6.08 Å². The lowest BCUT2D eigenvalue weighted by molar-refractivity contribution is -0.127. The van der Waals surface area contributed by atoms with Crippen LogP contribution in [0.2, 0.25) is 5.02 Å². The average molecular weight is 366 g/mol. The van der Waals surface area contributed by atoms with Crippen molar-refractivity contribution in [3.8, 4) is 0 Å². The molecular formula is C21H20ClN3O. The number of amides is 1. The predicted octanol–water partition coefficient (Wildman–Crippen LogP) is 4.24. The zero-order valence-corrected chi connectivity index (χ0v) is 15.2. The van der Waals surface area contributed by atoms with Crippen molar-refractivity contribution in [2.24, 2.45) is 0 Å². The zero-order valence-electron chi connectivity index (χ0n) is 14.4. The van der Waals surface area contributed by atoms with Gasteiger partial charge in [0, 0.05) is 37.0 Å². The van der Waals surface area contributed by atoms with Gasteiger partial charge in [-0.2, -0.15) is 0 Å². The fourth-order valence-corrected chi connectivity index (χ4v) is 3.75. The van der Waals surface area contributed by atoms with Crippen molar-refractivity contribution < 1.29 is 4.79 Å². The first-order valence-corrected chi connectivity index (χ1v) is 9.12. The largest absolute Gasteiger partial charge is 0.338 e. The number of benzene rings is 2. The number of rotatable bonds is 5. The number of carbonyl (C=O) groups is 1. The molecule has 0 N–H and O–H groups in total. The Labute approximate surface area is 157 Å².